The number of hydrogen-bond acceptors (Lipinski definition) is 4. The summed E-state index contributed by atoms with van der Waals surface area (Å²) in [6.07, 6.45) is -0.0784. The van der Waals surface area contributed by atoms with Gasteiger partial charge in [0.15, 0.2) is 0 Å². The maximum absolute atomic E-state index is 13.2. The molecule has 0 bridgehead atoms. The maximum atomic E-state index is 13.2. The monoisotopic (exact) mass is 414 g/mol. The zero-order chi connectivity index (χ0) is 20.5. The maximum Gasteiger partial charge on any atom is 0.249 e. The Labute approximate surface area is 170 Å². The van der Waals surface area contributed by atoms with E-state index in [-0.39, 0.29) is 18.1 Å². The molecule has 1 aliphatic heterocycles. The first-order chi connectivity index (χ1) is 13.9. The molecule has 9 heteroatoms. The van der Waals surface area contributed by atoms with Crippen molar-refractivity contribution >= 4 is 34.9 Å². The molecule has 29 heavy (non-hydrogen) atoms. The van der Waals surface area contributed by atoms with Gasteiger partial charge in [0.1, 0.15) is 23.4 Å². The van der Waals surface area contributed by atoms with Gasteiger partial charge in [0.25, 0.3) is 0 Å². The highest BCUT2D eigenvalue weighted by molar-refractivity contribution is 6.33. The summed E-state index contributed by atoms with van der Waals surface area (Å²) in [6.45, 7) is 0. The van der Waals surface area contributed by atoms with Crippen LogP contribution >= 0.6 is 11.6 Å². The fraction of sp³-hybridized carbons (Fsp3) is 0.150. The number of carbonyl (C=O) groups excluding carboxylic acids is 2. The van der Waals surface area contributed by atoms with Crippen LogP contribution in [0.15, 0.2) is 48.5 Å². The Kier molecular flexibility index (Phi) is 4.94. The standard InChI is InChI=1S/C20H16ClFN4O3/c1-29-13-6-7-14(21)16(8-13)23-20(28)17-10-19(27)24-18-9-15(25-26(17)18)11-2-4-12(22)5-3-11/h2-9,17H,10H2,1H3,(H,23,28)(H,24,27)/t17-/m1/s1. The quantitative estimate of drug-likeness (QED) is 0.678. The molecule has 0 radical (unpaired) electrons. The number of nitrogens with zero attached hydrogens (tertiary/aromatic N) is 2. The van der Waals surface area contributed by atoms with Crippen LogP contribution < -0.4 is 15.4 Å². The molecule has 0 fully saturated rings. The van der Waals surface area contributed by atoms with E-state index in [1.807, 2.05) is 0 Å². The third-order valence-corrected chi connectivity index (χ3v) is 4.88. The minimum atomic E-state index is -0.866. The Morgan fingerprint density at radius 3 is 2.76 bits per heavy atom. The van der Waals surface area contributed by atoms with Crippen molar-refractivity contribution in [3.05, 3.63) is 59.4 Å². The summed E-state index contributed by atoms with van der Waals surface area (Å²) < 4.78 is 19.8. The number of rotatable bonds is 4. The summed E-state index contributed by atoms with van der Waals surface area (Å²) >= 11 is 6.16. The summed E-state index contributed by atoms with van der Waals surface area (Å²) in [5.41, 5.74) is 1.55. The van der Waals surface area contributed by atoms with Crippen LogP contribution in [0.3, 0.4) is 0 Å². The SMILES string of the molecule is COc1ccc(Cl)c(NC(=O)[C@H]2CC(=O)Nc3cc(-c4ccc(F)cc4)nn32)c1. The minimum absolute atomic E-state index is 0.0784. The van der Waals surface area contributed by atoms with Crippen molar-refractivity contribution in [2.75, 3.05) is 17.7 Å². The molecule has 148 valence electrons. The van der Waals surface area contributed by atoms with Crippen LogP contribution in [0.1, 0.15) is 12.5 Å². The van der Waals surface area contributed by atoms with Gasteiger partial charge in [-0.05, 0) is 36.4 Å². The van der Waals surface area contributed by atoms with Crippen LogP contribution in [0.2, 0.25) is 5.02 Å². The molecule has 7 nitrogen and oxygen atoms in total. The van der Waals surface area contributed by atoms with Gasteiger partial charge < -0.3 is 15.4 Å². The van der Waals surface area contributed by atoms with Gasteiger partial charge in [0, 0.05) is 17.7 Å². The van der Waals surface area contributed by atoms with Crippen LogP contribution in [0.4, 0.5) is 15.9 Å². The summed E-state index contributed by atoms with van der Waals surface area (Å²) in [4.78, 5) is 25.0. The van der Waals surface area contributed by atoms with Crippen molar-refractivity contribution in [1.82, 2.24) is 9.78 Å². The fourth-order valence-corrected chi connectivity index (χ4v) is 3.25. The van der Waals surface area contributed by atoms with Gasteiger partial charge >= 0.3 is 0 Å². The van der Waals surface area contributed by atoms with Crippen molar-refractivity contribution in [1.29, 1.82) is 0 Å². The van der Waals surface area contributed by atoms with Crippen LogP contribution in [-0.2, 0) is 9.59 Å². The van der Waals surface area contributed by atoms with E-state index in [1.165, 1.54) is 23.9 Å². The van der Waals surface area contributed by atoms with E-state index in [2.05, 4.69) is 15.7 Å². The third-order valence-electron chi connectivity index (χ3n) is 4.55. The summed E-state index contributed by atoms with van der Waals surface area (Å²) in [7, 11) is 1.51. The lowest BCUT2D eigenvalue weighted by Gasteiger charge is -2.24. The van der Waals surface area contributed by atoms with Gasteiger partial charge in [-0.2, -0.15) is 5.10 Å². The number of aromatic nitrogens is 2. The molecule has 3 aromatic rings. The third kappa shape index (κ3) is 3.79. The molecule has 1 atom stereocenters. The molecule has 2 amide bonds. The molecule has 2 aromatic carbocycles. The molecule has 2 heterocycles. The van der Waals surface area contributed by atoms with E-state index >= 15 is 0 Å². The normalized spacial score (nSPS) is 15.4. The zero-order valence-corrected chi connectivity index (χ0v) is 16.0. The first-order valence-electron chi connectivity index (χ1n) is 8.74. The highest BCUT2D eigenvalue weighted by atomic mass is 35.5. The highest BCUT2D eigenvalue weighted by Gasteiger charge is 2.32. The number of carbonyl (C=O) groups is 2. The second-order valence-electron chi connectivity index (χ2n) is 6.47. The summed E-state index contributed by atoms with van der Waals surface area (Å²) in [5, 5.41) is 10.2. The van der Waals surface area contributed by atoms with E-state index in [9.17, 15) is 14.0 Å². The number of benzene rings is 2. The Morgan fingerprint density at radius 1 is 1.28 bits per heavy atom. The first-order valence-corrected chi connectivity index (χ1v) is 9.12. The molecule has 2 N–H and O–H groups in total. The van der Waals surface area contributed by atoms with Crippen LogP contribution in [0.5, 0.6) is 5.75 Å². The van der Waals surface area contributed by atoms with Gasteiger partial charge in [-0.1, -0.05) is 11.6 Å². The van der Waals surface area contributed by atoms with Crippen LogP contribution in [0.25, 0.3) is 11.3 Å². The molecular formula is C20H16ClFN4O3. The predicted octanol–water partition coefficient (Wildman–Crippen LogP) is 3.87. The number of nitrogens with one attached hydrogen (secondary N) is 2. The Hall–Kier alpha value is -3.39. The van der Waals surface area contributed by atoms with Gasteiger partial charge in [-0.25, -0.2) is 9.07 Å². The minimum Gasteiger partial charge on any atom is -0.497 e. The first kappa shape index (κ1) is 18.9. The van der Waals surface area contributed by atoms with E-state index in [0.717, 1.165) is 0 Å². The average Bonchev–Trinajstić information content (AvgIpc) is 3.13. The van der Waals surface area contributed by atoms with Crippen molar-refractivity contribution in [2.45, 2.75) is 12.5 Å². The Morgan fingerprint density at radius 2 is 2.03 bits per heavy atom. The number of methoxy groups -OCH3 is 1. The molecule has 4 rings (SSSR count). The summed E-state index contributed by atoms with van der Waals surface area (Å²) in [6, 6.07) is 11.5. The fourth-order valence-electron chi connectivity index (χ4n) is 3.09. The highest BCUT2D eigenvalue weighted by Crippen LogP contribution is 2.32. The Balaban J connectivity index is 1.65. The molecular weight excluding hydrogens is 399 g/mol. The van der Waals surface area contributed by atoms with E-state index in [1.54, 1.807) is 36.4 Å². The van der Waals surface area contributed by atoms with Crippen LogP contribution in [-0.4, -0.2) is 28.7 Å². The number of anilines is 2. The van der Waals surface area contributed by atoms with Gasteiger partial charge in [0.05, 0.1) is 29.9 Å². The summed E-state index contributed by atoms with van der Waals surface area (Å²) in [5.74, 6) is -0.190. The molecule has 0 aliphatic carbocycles. The molecule has 0 saturated carbocycles. The van der Waals surface area contributed by atoms with Crippen molar-refractivity contribution in [2.24, 2.45) is 0 Å². The topological polar surface area (TPSA) is 85.2 Å². The number of fused-ring (bicyclic) bond motifs is 1. The van der Waals surface area contributed by atoms with Crippen LogP contribution in [0, 0.1) is 5.82 Å². The van der Waals surface area contributed by atoms with E-state index in [0.29, 0.717) is 33.5 Å². The number of ether oxygens (including phenoxy) is 1. The van der Waals surface area contributed by atoms with Crippen molar-refractivity contribution in [3.63, 3.8) is 0 Å². The number of amides is 2. The van der Waals surface area contributed by atoms with Gasteiger partial charge in [0.2, 0.25) is 11.8 Å². The lowest BCUT2D eigenvalue weighted by Crippen LogP contribution is -2.35. The number of halogens is 2. The molecule has 0 unspecified atom stereocenters. The van der Waals surface area contributed by atoms with Crippen molar-refractivity contribution in [3.8, 4) is 17.0 Å². The predicted molar refractivity (Wildman–Crippen MR) is 107 cm³/mol. The average molecular weight is 415 g/mol. The van der Waals surface area contributed by atoms with Gasteiger partial charge in [-0.3, -0.25) is 9.59 Å². The second kappa shape index (κ2) is 7.56. The van der Waals surface area contributed by atoms with E-state index in [4.69, 9.17) is 16.3 Å². The number of hydrogen-bond donors (Lipinski definition) is 2. The zero-order valence-electron chi connectivity index (χ0n) is 15.3. The largest absolute Gasteiger partial charge is 0.497 e. The molecule has 1 aromatic heterocycles. The second-order valence-corrected chi connectivity index (χ2v) is 6.88. The smallest absolute Gasteiger partial charge is 0.249 e. The van der Waals surface area contributed by atoms with E-state index < -0.39 is 11.9 Å². The molecule has 0 spiro atoms. The molecule has 1 aliphatic rings. The molecule has 0 saturated heterocycles. The Bertz CT molecular complexity index is 1100. The lowest BCUT2D eigenvalue weighted by atomic mass is 10.1. The van der Waals surface area contributed by atoms with Gasteiger partial charge in [-0.15, -0.1) is 0 Å². The lowest BCUT2D eigenvalue weighted by molar-refractivity contribution is -0.125. The van der Waals surface area contributed by atoms with Crippen molar-refractivity contribution < 1.29 is 18.7 Å².